The Hall–Kier alpha value is -0.130. The van der Waals surface area contributed by atoms with E-state index in [9.17, 15) is 8.42 Å². The minimum Gasteiger partial charge on any atom is -0.317 e. The minimum absolute atomic E-state index is 0.220. The van der Waals surface area contributed by atoms with Gasteiger partial charge in [-0.25, -0.2) is 12.7 Å². The van der Waals surface area contributed by atoms with Crippen LogP contribution in [0.3, 0.4) is 0 Å². The Bertz CT molecular complexity index is 343. The van der Waals surface area contributed by atoms with Gasteiger partial charge >= 0.3 is 0 Å². The zero-order valence-corrected chi connectivity index (χ0v) is 13.5. The fourth-order valence-corrected chi connectivity index (χ4v) is 4.23. The molecule has 0 aromatic rings. The van der Waals surface area contributed by atoms with Crippen molar-refractivity contribution in [1.82, 2.24) is 9.62 Å². The van der Waals surface area contributed by atoms with Crippen molar-refractivity contribution in [3.8, 4) is 0 Å². The van der Waals surface area contributed by atoms with E-state index in [1.54, 1.807) is 11.4 Å². The summed E-state index contributed by atoms with van der Waals surface area (Å²) in [4.78, 5) is 0. The summed E-state index contributed by atoms with van der Waals surface area (Å²) in [6.45, 7) is 6.10. The van der Waals surface area contributed by atoms with Crippen LogP contribution in [-0.4, -0.2) is 44.7 Å². The second-order valence-corrected chi connectivity index (χ2v) is 8.01. The highest BCUT2D eigenvalue weighted by molar-refractivity contribution is 7.89. The summed E-state index contributed by atoms with van der Waals surface area (Å²) in [5.74, 6) is 0.924. The van der Waals surface area contributed by atoms with Crippen LogP contribution in [0.2, 0.25) is 0 Å². The zero-order valence-electron chi connectivity index (χ0n) is 12.7. The number of sulfonamides is 1. The SMILES string of the molecule is CCCNCCCS(=O)(=O)N(C)C1CCCC(C)C1. The molecule has 19 heavy (non-hydrogen) atoms. The molecule has 0 aromatic carbocycles. The predicted octanol–water partition coefficient (Wildman–Crippen LogP) is 2.22. The highest BCUT2D eigenvalue weighted by atomic mass is 32.2. The van der Waals surface area contributed by atoms with Gasteiger partial charge in [0.15, 0.2) is 0 Å². The average molecular weight is 290 g/mol. The van der Waals surface area contributed by atoms with Crippen molar-refractivity contribution < 1.29 is 8.42 Å². The molecule has 5 heteroatoms. The fourth-order valence-electron chi connectivity index (χ4n) is 2.78. The zero-order chi connectivity index (χ0) is 14.3. The van der Waals surface area contributed by atoms with Crippen molar-refractivity contribution in [2.75, 3.05) is 25.9 Å². The van der Waals surface area contributed by atoms with E-state index in [-0.39, 0.29) is 11.8 Å². The second-order valence-electron chi connectivity index (χ2n) is 5.86. The van der Waals surface area contributed by atoms with Crippen LogP contribution in [0.5, 0.6) is 0 Å². The largest absolute Gasteiger partial charge is 0.317 e. The minimum atomic E-state index is -3.08. The molecule has 114 valence electrons. The van der Waals surface area contributed by atoms with Crippen LogP contribution in [0.25, 0.3) is 0 Å². The lowest BCUT2D eigenvalue weighted by molar-refractivity contribution is 0.239. The summed E-state index contributed by atoms with van der Waals surface area (Å²) >= 11 is 0. The van der Waals surface area contributed by atoms with Gasteiger partial charge in [-0.05, 0) is 44.7 Å². The van der Waals surface area contributed by atoms with E-state index >= 15 is 0 Å². The van der Waals surface area contributed by atoms with E-state index in [2.05, 4.69) is 19.2 Å². The third-order valence-corrected chi connectivity index (χ3v) is 6.02. The molecule has 1 saturated carbocycles. The Morgan fingerprint density at radius 3 is 2.63 bits per heavy atom. The smallest absolute Gasteiger partial charge is 0.214 e. The van der Waals surface area contributed by atoms with Gasteiger partial charge in [0.25, 0.3) is 0 Å². The summed E-state index contributed by atoms with van der Waals surface area (Å²) in [5.41, 5.74) is 0. The maximum Gasteiger partial charge on any atom is 0.214 e. The first-order chi connectivity index (χ1) is 8.97. The highest BCUT2D eigenvalue weighted by Gasteiger charge is 2.29. The van der Waals surface area contributed by atoms with Gasteiger partial charge in [-0.3, -0.25) is 0 Å². The molecule has 0 saturated heterocycles. The lowest BCUT2D eigenvalue weighted by atomic mass is 9.87. The van der Waals surface area contributed by atoms with E-state index in [4.69, 9.17) is 0 Å². The van der Waals surface area contributed by atoms with Gasteiger partial charge in [-0.1, -0.05) is 26.7 Å². The van der Waals surface area contributed by atoms with Crippen molar-refractivity contribution >= 4 is 10.0 Å². The van der Waals surface area contributed by atoms with Crippen molar-refractivity contribution in [2.24, 2.45) is 5.92 Å². The molecule has 0 bridgehead atoms. The third kappa shape index (κ3) is 5.79. The van der Waals surface area contributed by atoms with E-state index in [0.717, 1.165) is 38.8 Å². The molecular weight excluding hydrogens is 260 g/mol. The van der Waals surface area contributed by atoms with Gasteiger partial charge in [-0.15, -0.1) is 0 Å². The third-order valence-electron chi connectivity index (χ3n) is 4.04. The lowest BCUT2D eigenvalue weighted by Gasteiger charge is -2.33. The molecule has 1 rings (SSSR count). The van der Waals surface area contributed by atoms with Crippen LogP contribution >= 0.6 is 0 Å². The number of rotatable bonds is 8. The normalized spacial score (nSPS) is 24.8. The maximum atomic E-state index is 12.3. The van der Waals surface area contributed by atoms with Gasteiger partial charge in [0.2, 0.25) is 10.0 Å². The summed E-state index contributed by atoms with van der Waals surface area (Å²) < 4.78 is 26.2. The molecule has 1 aliphatic rings. The van der Waals surface area contributed by atoms with E-state index in [1.807, 2.05) is 0 Å². The molecule has 0 aliphatic heterocycles. The van der Waals surface area contributed by atoms with E-state index < -0.39 is 10.0 Å². The Morgan fingerprint density at radius 1 is 1.26 bits per heavy atom. The van der Waals surface area contributed by atoms with Crippen LogP contribution in [0.15, 0.2) is 0 Å². The van der Waals surface area contributed by atoms with Gasteiger partial charge < -0.3 is 5.32 Å². The Balaban J connectivity index is 2.38. The molecule has 1 aliphatic carbocycles. The first kappa shape index (κ1) is 16.9. The number of nitrogens with one attached hydrogen (secondary N) is 1. The summed E-state index contributed by atoms with van der Waals surface area (Å²) in [5, 5.41) is 3.25. The number of nitrogens with zero attached hydrogens (tertiary/aromatic N) is 1. The second kappa shape index (κ2) is 8.22. The fraction of sp³-hybridized carbons (Fsp3) is 1.00. The van der Waals surface area contributed by atoms with Crippen LogP contribution in [0.4, 0.5) is 0 Å². The molecule has 0 aromatic heterocycles. The van der Waals surface area contributed by atoms with Crippen LogP contribution in [-0.2, 0) is 10.0 Å². The van der Waals surface area contributed by atoms with Crippen molar-refractivity contribution in [3.63, 3.8) is 0 Å². The molecule has 0 spiro atoms. The van der Waals surface area contributed by atoms with Gasteiger partial charge in [0.05, 0.1) is 5.75 Å². The summed E-state index contributed by atoms with van der Waals surface area (Å²) in [6, 6.07) is 0.220. The topological polar surface area (TPSA) is 49.4 Å². The number of hydrogen-bond acceptors (Lipinski definition) is 3. The van der Waals surface area contributed by atoms with E-state index in [1.165, 1.54) is 6.42 Å². The van der Waals surface area contributed by atoms with Gasteiger partial charge in [0.1, 0.15) is 0 Å². The molecule has 0 amide bonds. The van der Waals surface area contributed by atoms with Crippen LogP contribution < -0.4 is 5.32 Å². The van der Waals surface area contributed by atoms with Gasteiger partial charge in [-0.2, -0.15) is 0 Å². The quantitative estimate of drug-likeness (QED) is 0.697. The molecule has 2 atom stereocenters. The van der Waals surface area contributed by atoms with E-state index in [0.29, 0.717) is 12.3 Å². The maximum absolute atomic E-state index is 12.3. The Labute approximate surface area is 119 Å². The number of hydrogen-bond donors (Lipinski definition) is 1. The molecular formula is C14H30N2O2S. The van der Waals surface area contributed by atoms with Crippen LogP contribution in [0, 0.1) is 5.92 Å². The summed E-state index contributed by atoms with van der Waals surface area (Å²) in [6.07, 6.45) is 6.23. The molecule has 0 heterocycles. The molecule has 2 unspecified atom stereocenters. The average Bonchev–Trinajstić information content (AvgIpc) is 2.37. The Morgan fingerprint density at radius 2 is 2.00 bits per heavy atom. The van der Waals surface area contributed by atoms with Crippen LogP contribution in [0.1, 0.15) is 52.4 Å². The van der Waals surface area contributed by atoms with Crippen molar-refractivity contribution in [2.45, 2.75) is 58.4 Å². The van der Waals surface area contributed by atoms with Gasteiger partial charge in [0, 0.05) is 13.1 Å². The highest BCUT2D eigenvalue weighted by Crippen LogP contribution is 2.28. The molecule has 0 radical (unpaired) electrons. The van der Waals surface area contributed by atoms with Crippen molar-refractivity contribution in [1.29, 1.82) is 0 Å². The molecule has 4 nitrogen and oxygen atoms in total. The monoisotopic (exact) mass is 290 g/mol. The lowest BCUT2D eigenvalue weighted by Crippen LogP contribution is -2.41. The standard InChI is InChI=1S/C14H30N2O2S/c1-4-9-15-10-6-11-19(17,18)16(3)14-8-5-7-13(2)12-14/h13-15H,4-12H2,1-3H3. The first-order valence-electron chi connectivity index (χ1n) is 7.63. The molecule has 1 N–H and O–H groups in total. The molecule has 1 fully saturated rings. The predicted molar refractivity (Wildman–Crippen MR) is 80.7 cm³/mol. The summed E-state index contributed by atoms with van der Waals surface area (Å²) in [7, 11) is -1.32. The Kier molecular flexibility index (Phi) is 7.32. The first-order valence-corrected chi connectivity index (χ1v) is 9.24. The van der Waals surface area contributed by atoms with Crippen molar-refractivity contribution in [3.05, 3.63) is 0 Å².